The number of carbonyl (C=O) groups excluding carboxylic acids is 1. The number of ether oxygens (including phenoxy) is 1. The lowest BCUT2D eigenvalue weighted by Crippen LogP contribution is -2.14. The largest absolute Gasteiger partial charge is 0.462 e. The Kier molecular flexibility index (Phi) is 5.10. The summed E-state index contributed by atoms with van der Waals surface area (Å²) >= 11 is 0. The van der Waals surface area contributed by atoms with Crippen LogP contribution in [0.4, 0.5) is 18.9 Å². The number of nitro groups is 1. The molecule has 10 heteroatoms. The summed E-state index contributed by atoms with van der Waals surface area (Å²) in [5.74, 6) is -1.11. The van der Waals surface area contributed by atoms with Crippen molar-refractivity contribution >= 4 is 11.7 Å². The molecule has 0 saturated carbocycles. The lowest BCUT2D eigenvalue weighted by Gasteiger charge is -2.05. The van der Waals surface area contributed by atoms with Crippen molar-refractivity contribution in [3.8, 4) is 0 Å². The third-order valence-electron chi connectivity index (χ3n) is 3.33. The number of benzene rings is 1. The average Bonchev–Trinajstić information content (AvgIpc) is 2.91. The maximum atomic E-state index is 13.0. The van der Waals surface area contributed by atoms with E-state index in [4.69, 9.17) is 0 Å². The van der Waals surface area contributed by atoms with Gasteiger partial charge < -0.3 is 4.74 Å². The van der Waals surface area contributed by atoms with Crippen molar-refractivity contribution in [2.24, 2.45) is 0 Å². The first-order chi connectivity index (χ1) is 11.6. The third kappa shape index (κ3) is 4.14. The zero-order valence-electron chi connectivity index (χ0n) is 13.3. The van der Waals surface area contributed by atoms with Crippen molar-refractivity contribution < 1.29 is 27.6 Å². The van der Waals surface area contributed by atoms with Gasteiger partial charge in [-0.25, -0.2) is 4.79 Å². The molecule has 0 spiro atoms. The molecule has 0 atom stereocenters. The number of rotatable bonds is 5. The Bertz CT molecular complexity index is 815. The van der Waals surface area contributed by atoms with Gasteiger partial charge in [0, 0.05) is 17.8 Å². The highest BCUT2D eigenvalue weighted by Crippen LogP contribution is 2.31. The zero-order valence-corrected chi connectivity index (χ0v) is 13.3. The van der Waals surface area contributed by atoms with Crippen LogP contribution in [0.15, 0.2) is 24.4 Å². The molecular weight excluding hydrogens is 343 g/mol. The second-order valence-corrected chi connectivity index (χ2v) is 5.19. The van der Waals surface area contributed by atoms with Crippen LogP contribution in [0.5, 0.6) is 0 Å². The highest BCUT2D eigenvalue weighted by atomic mass is 19.4. The van der Waals surface area contributed by atoms with E-state index in [1.165, 1.54) is 32.0 Å². The van der Waals surface area contributed by atoms with E-state index >= 15 is 0 Å². The Labute approximate surface area is 140 Å². The van der Waals surface area contributed by atoms with Gasteiger partial charge in [-0.3, -0.25) is 14.8 Å². The van der Waals surface area contributed by atoms with Crippen molar-refractivity contribution in [2.75, 3.05) is 6.61 Å². The number of hydrogen-bond donors (Lipinski definition) is 0. The van der Waals surface area contributed by atoms with Gasteiger partial charge in [-0.1, -0.05) is 6.07 Å². The van der Waals surface area contributed by atoms with Crippen LogP contribution < -0.4 is 0 Å². The second-order valence-electron chi connectivity index (χ2n) is 5.19. The van der Waals surface area contributed by atoms with Crippen LogP contribution in [0.25, 0.3) is 0 Å². The lowest BCUT2D eigenvalue weighted by atomic mass is 10.1. The number of aromatic nitrogens is 2. The summed E-state index contributed by atoms with van der Waals surface area (Å²) in [6, 6.07) is 4.17. The fourth-order valence-electron chi connectivity index (χ4n) is 2.28. The van der Waals surface area contributed by atoms with Crippen LogP contribution in [0.1, 0.15) is 34.1 Å². The molecule has 0 aliphatic carbocycles. The monoisotopic (exact) mass is 357 g/mol. The Morgan fingerprint density at radius 2 is 2.08 bits per heavy atom. The molecule has 0 saturated heterocycles. The lowest BCUT2D eigenvalue weighted by molar-refractivity contribution is -0.385. The summed E-state index contributed by atoms with van der Waals surface area (Å²) in [6.45, 7) is 2.86. The minimum Gasteiger partial charge on any atom is -0.462 e. The normalized spacial score (nSPS) is 11.4. The maximum Gasteiger partial charge on any atom is 0.436 e. The molecule has 1 aromatic carbocycles. The third-order valence-corrected chi connectivity index (χ3v) is 3.33. The predicted molar refractivity (Wildman–Crippen MR) is 80.1 cm³/mol. The van der Waals surface area contributed by atoms with Crippen LogP contribution in [0, 0.1) is 17.0 Å². The molecule has 134 valence electrons. The Morgan fingerprint density at radius 1 is 1.40 bits per heavy atom. The van der Waals surface area contributed by atoms with Crippen molar-refractivity contribution in [2.45, 2.75) is 26.6 Å². The quantitative estimate of drug-likeness (QED) is 0.465. The van der Waals surface area contributed by atoms with E-state index in [1.807, 2.05) is 0 Å². The number of hydrogen-bond acceptors (Lipinski definition) is 5. The SMILES string of the molecule is CCOC(=O)c1cn(Cc2ccc([N+](=O)[O-])c(C)c2)nc1C(F)(F)F. The van der Waals surface area contributed by atoms with Crippen molar-refractivity contribution in [3.63, 3.8) is 0 Å². The van der Waals surface area contributed by atoms with Gasteiger partial charge in [0.1, 0.15) is 5.56 Å². The summed E-state index contributed by atoms with van der Waals surface area (Å²) < 4.78 is 44.7. The molecule has 0 aliphatic heterocycles. The first-order valence-electron chi connectivity index (χ1n) is 7.19. The van der Waals surface area contributed by atoms with Gasteiger partial charge in [0.15, 0.2) is 5.69 Å². The van der Waals surface area contributed by atoms with Gasteiger partial charge in [0.25, 0.3) is 5.69 Å². The molecule has 0 aliphatic rings. The van der Waals surface area contributed by atoms with Gasteiger partial charge in [0.2, 0.25) is 0 Å². The smallest absolute Gasteiger partial charge is 0.436 e. The molecule has 0 radical (unpaired) electrons. The van der Waals surface area contributed by atoms with Gasteiger partial charge >= 0.3 is 12.1 Å². The number of nitrogens with zero attached hydrogens (tertiary/aromatic N) is 3. The molecule has 0 fully saturated rings. The Morgan fingerprint density at radius 3 is 2.60 bits per heavy atom. The van der Waals surface area contributed by atoms with Crippen LogP contribution in [-0.2, 0) is 17.5 Å². The summed E-state index contributed by atoms with van der Waals surface area (Å²) in [5.41, 5.74) is -1.21. The summed E-state index contributed by atoms with van der Waals surface area (Å²) in [7, 11) is 0. The molecule has 2 aromatic rings. The van der Waals surface area contributed by atoms with E-state index in [-0.39, 0.29) is 18.8 Å². The van der Waals surface area contributed by atoms with Crippen LogP contribution in [-0.4, -0.2) is 27.3 Å². The first kappa shape index (κ1) is 18.4. The molecule has 25 heavy (non-hydrogen) atoms. The van der Waals surface area contributed by atoms with E-state index in [9.17, 15) is 28.1 Å². The number of esters is 1. The number of aryl methyl sites for hydroxylation is 1. The highest BCUT2D eigenvalue weighted by Gasteiger charge is 2.39. The topological polar surface area (TPSA) is 87.3 Å². The second kappa shape index (κ2) is 6.91. The minimum absolute atomic E-state index is 0.0666. The van der Waals surface area contributed by atoms with Crippen LogP contribution in [0.3, 0.4) is 0 Å². The van der Waals surface area contributed by atoms with Crippen molar-refractivity contribution in [3.05, 3.63) is 56.9 Å². The summed E-state index contributed by atoms with van der Waals surface area (Å²) in [5, 5.41) is 14.2. The average molecular weight is 357 g/mol. The summed E-state index contributed by atoms with van der Waals surface area (Å²) in [4.78, 5) is 22.0. The molecule has 0 bridgehead atoms. The molecule has 1 aromatic heterocycles. The zero-order chi connectivity index (χ0) is 18.8. The molecule has 2 rings (SSSR count). The molecule has 0 amide bonds. The number of halogens is 3. The maximum absolute atomic E-state index is 13.0. The predicted octanol–water partition coefficient (Wildman–Crippen LogP) is 3.34. The van der Waals surface area contributed by atoms with Gasteiger partial charge in [-0.2, -0.15) is 18.3 Å². The first-order valence-corrected chi connectivity index (χ1v) is 7.19. The minimum atomic E-state index is -4.81. The highest BCUT2D eigenvalue weighted by molar-refractivity contribution is 5.90. The standard InChI is InChI=1S/C15H14F3N3O4/c1-3-25-14(22)11-8-20(19-13(11)15(16,17)18)7-10-4-5-12(21(23)24)9(2)6-10/h4-6,8H,3,7H2,1-2H3. The van der Waals surface area contributed by atoms with Crippen molar-refractivity contribution in [1.29, 1.82) is 0 Å². The molecule has 7 nitrogen and oxygen atoms in total. The Hall–Kier alpha value is -2.91. The Balaban J connectivity index is 2.36. The van der Waals surface area contributed by atoms with Crippen LogP contribution in [0.2, 0.25) is 0 Å². The summed E-state index contributed by atoms with van der Waals surface area (Å²) in [6.07, 6.45) is -3.85. The van der Waals surface area contributed by atoms with Gasteiger partial charge in [-0.05, 0) is 25.5 Å². The van der Waals surface area contributed by atoms with Crippen molar-refractivity contribution in [1.82, 2.24) is 9.78 Å². The van der Waals surface area contributed by atoms with E-state index < -0.39 is 28.3 Å². The van der Waals surface area contributed by atoms with E-state index in [1.54, 1.807) is 0 Å². The number of carbonyl (C=O) groups is 1. The van der Waals surface area contributed by atoms with E-state index in [0.717, 1.165) is 10.9 Å². The number of alkyl halides is 3. The molecule has 0 unspecified atom stereocenters. The van der Waals surface area contributed by atoms with E-state index in [0.29, 0.717) is 11.1 Å². The number of nitro benzene ring substituents is 1. The van der Waals surface area contributed by atoms with Gasteiger partial charge in [-0.15, -0.1) is 0 Å². The van der Waals surface area contributed by atoms with Gasteiger partial charge in [0.05, 0.1) is 18.1 Å². The molecular formula is C15H14F3N3O4. The van der Waals surface area contributed by atoms with Crippen LogP contribution >= 0.6 is 0 Å². The fourth-order valence-corrected chi connectivity index (χ4v) is 2.28. The molecule has 0 N–H and O–H groups in total. The van der Waals surface area contributed by atoms with E-state index in [2.05, 4.69) is 9.84 Å². The fraction of sp³-hybridized carbons (Fsp3) is 0.333. The molecule has 1 heterocycles.